The van der Waals surface area contributed by atoms with Crippen LogP contribution in [-0.2, 0) is 16.0 Å². The number of fused-ring (bicyclic) bond motifs is 1. The molecule has 0 spiro atoms. The topological polar surface area (TPSA) is 75.7 Å². The molecule has 2 heterocycles. The van der Waals surface area contributed by atoms with E-state index in [4.69, 9.17) is 4.74 Å². The second kappa shape index (κ2) is 8.14. The van der Waals surface area contributed by atoms with Crippen LogP contribution >= 0.6 is 11.8 Å². The number of anilines is 1. The minimum absolute atomic E-state index is 0.0202. The smallest absolute Gasteiger partial charge is 0.339 e. The SMILES string of the molecule is Cc1c(NC(=O)[C@]2(C)Cc3ccccc3C(=O)O2)cccc1C(=O)N1CCSCC1. The first-order valence-electron chi connectivity index (χ1n) is 9.98. The number of carbonyl (C=O) groups excluding carboxylic acids is 3. The number of hydrogen-bond donors (Lipinski definition) is 1. The third-order valence-corrected chi connectivity index (χ3v) is 6.62. The summed E-state index contributed by atoms with van der Waals surface area (Å²) in [6.45, 7) is 4.90. The maximum absolute atomic E-state index is 13.1. The molecular formula is C23H24N2O4S. The van der Waals surface area contributed by atoms with E-state index in [1.165, 1.54) is 0 Å². The molecule has 2 amide bonds. The summed E-state index contributed by atoms with van der Waals surface area (Å²) in [5.74, 6) is 0.942. The van der Waals surface area contributed by atoms with Gasteiger partial charge in [-0.3, -0.25) is 9.59 Å². The molecule has 2 aliphatic heterocycles. The normalized spacial score (nSPS) is 20.9. The van der Waals surface area contributed by atoms with Crippen LogP contribution in [0.1, 0.15) is 38.8 Å². The monoisotopic (exact) mass is 424 g/mol. The third-order valence-electron chi connectivity index (χ3n) is 5.67. The average molecular weight is 425 g/mol. The first-order valence-corrected chi connectivity index (χ1v) is 11.1. The maximum atomic E-state index is 13.1. The molecule has 0 bridgehead atoms. The summed E-state index contributed by atoms with van der Waals surface area (Å²) in [6.07, 6.45) is 0.295. The summed E-state index contributed by atoms with van der Waals surface area (Å²) in [5.41, 5.74) is 1.80. The fourth-order valence-electron chi connectivity index (χ4n) is 3.85. The van der Waals surface area contributed by atoms with Gasteiger partial charge in [0.05, 0.1) is 5.56 Å². The summed E-state index contributed by atoms with van der Waals surface area (Å²) < 4.78 is 5.52. The van der Waals surface area contributed by atoms with Crippen molar-refractivity contribution in [2.45, 2.75) is 25.9 Å². The number of cyclic esters (lactones) is 1. The van der Waals surface area contributed by atoms with Crippen LogP contribution in [0, 0.1) is 6.92 Å². The number of amides is 2. The fraction of sp³-hybridized carbons (Fsp3) is 0.348. The Morgan fingerprint density at radius 2 is 1.83 bits per heavy atom. The summed E-state index contributed by atoms with van der Waals surface area (Å²) in [7, 11) is 0. The van der Waals surface area contributed by atoms with E-state index < -0.39 is 17.5 Å². The van der Waals surface area contributed by atoms with Gasteiger partial charge in [0.15, 0.2) is 5.60 Å². The van der Waals surface area contributed by atoms with Crippen molar-refractivity contribution >= 4 is 35.2 Å². The van der Waals surface area contributed by atoms with Gasteiger partial charge in [-0.05, 0) is 43.2 Å². The van der Waals surface area contributed by atoms with E-state index in [0.717, 1.165) is 30.2 Å². The molecule has 30 heavy (non-hydrogen) atoms. The van der Waals surface area contributed by atoms with E-state index >= 15 is 0 Å². The molecule has 0 saturated carbocycles. The zero-order chi connectivity index (χ0) is 21.3. The lowest BCUT2D eigenvalue weighted by atomic mass is 9.89. The summed E-state index contributed by atoms with van der Waals surface area (Å²) >= 11 is 1.85. The Morgan fingerprint density at radius 1 is 1.10 bits per heavy atom. The predicted octanol–water partition coefficient (Wildman–Crippen LogP) is 3.29. The Balaban J connectivity index is 1.55. The lowest BCUT2D eigenvalue weighted by Crippen LogP contribution is -2.49. The van der Waals surface area contributed by atoms with Crippen molar-refractivity contribution in [2.24, 2.45) is 0 Å². The van der Waals surface area contributed by atoms with Crippen LogP contribution in [0.2, 0.25) is 0 Å². The van der Waals surface area contributed by atoms with E-state index in [0.29, 0.717) is 28.8 Å². The molecule has 1 saturated heterocycles. The largest absolute Gasteiger partial charge is 0.445 e. The number of nitrogens with zero attached hydrogens (tertiary/aromatic N) is 1. The number of carbonyl (C=O) groups is 3. The zero-order valence-corrected chi connectivity index (χ0v) is 17.9. The van der Waals surface area contributed by atoms with E-state index in [2.05, 4.69) is 5.32 Å². The number of nitrogens with one attached hydrogen (secondary N) is 1. The number of esters is 1. The lowest BCUT2D eigenvalue weighted by Gasteiger charge is -2.33. The van der Waals surface area contributed by atoms with E-state index in [-0.39, 0.29) is 5.91 Å². The lowest BCUT2D eigenvalue weighted by molar-refractivity contribution is -0.134. The maximum Gasteiger partial charge on any atom is 0.339 e. The third kappa shape index (κ3) is 3.81. The standard InChI is InChI=1S/C23H24N2O4S/c1-15-17(20(26)25-10-12-30-13-11-25)8-5-9-19(15)24-22(28)23(2)14-16-6-3-4-7-18(16)21(27)29-23/h3-9H,10-14H2,1-2H3,(H,24,28)/t23-/m0/s1. The van der Waals surface area contributed by atoms with Crippen LogP contribution in [0.25, 0.3) is 0 Å². The Kier molecular flexibility index (Phi) is 5.56. The van der Waals surface area contributed by atoms with Crippen molar-refractivity contribution in [1.82, 2.24) is 4.90 Å². The Hall–Kier alpha value is -2.80. The van der Waals surface area contributed by atoms with Gasteiger partial charge in [0, 0.05) is 42.3 Å². The Labute approximate surface area is 180 Å². The molecule has 1 fully saturated rings. The van der Waals surface area contributed by atoms with E-state index in [1.54, 1.807) is 37.3 Å². The van der Waals surface area contributed by atoms with Crippen molar-refractivity contribution in [3.05, 3.63) is 64.7 Å². The van der Waals surface area contributed by atoms with Gasteiger partial charge in [-0.15, -0.1) is 0 Å². The number of hydrogen-bond acceptors (Lipinski definition) is 5. The van der Waals surface area contributed by atoms with Crippen molar-refractivity contribution < 1.29 is 19.1 Å². The van der Waals surface area contributed by atoms with Crippen LogP contribution in [0.15, 0.2) is 42.5 Å². The molecule has 0 aromatic heterocycles. The highest BCUT2D eigenvalue weighted by molar-refractivity contribution is 7.99. The predicted molar refractivity (Wildman–Crippen MR) is 117 cm³/mol. The van der Waals surface area contributed by atoms with Crippen molar-refractivity contribution in [3.8, 4) is 0 Å². The van der Waals surface area contributed by atoms with Crippen molar-refractivity contribution in [3.63, 3.8) is 0 Å². The molecule has 0 unspecified atom stereocenters. The van der Waals surface area contributed by atoms with Gasteiger partial charge in [-0.25, -0.2) is 4.79 Å². The Morgan fingerprint density at radius 3 is 2.60 bits per heavy atom. The average Bonchev–Trinajstić information content (AvgIpc) is 2.75. The minimum Gasteiger partial charge on any atom is -0.445 e. The van der Waals surface area contributed by atoms with Gasteiger partial charge >= 0.3 is 5.97 Å². The van der Waals surface area contributed by atoms with Crippen LogP contribution < -0.4 is 5.32 Å². The van der Waals surface area contributed by atoms with Gasteiger partial charge in [-0.2, -0.15) is 11.8 Å². The van der Waals surface area contributed by atoms with Gasteiger partial charge < -0.3 is 15.0 Å². The molecule has 2 aromatic rings. The highest BCUT2D eigenvalue weighted by Gasteiger charge is 2.42. The number of ether oxygens (including phenoxy) is 1. The molecule has 4 rings (SSSR count). The first-order chi connectivity index (χ1) is 14.4. The number of rotatable bonds is 3. The van der Waals surface area contributed by atoms with Crippen molar-refractivity contribution in [1.29, 1.82) is 0 Å². The van der Waals surface area contributed by atoms with E-state index in [1.807, 2.05) is 35.7 Å². The second-order valence-electron chi connectivity index (χ2n) is 7.79. The quantitative estimate of drug-likeness (QED) is 0.766. The first kappa shape index (κ1) is 20.5. The van der Waals surface area contributed by atoms with Gasteiger partial charge in [-0.1, -0.05) is 24.3 Å². The molecular weight excluding hydrogens is 400 g/mol. The fourth-order valence-corrected chi connectivity index (χ4v) is 4.76. The minimum atomic E-state index is -1.32. The van der Waals surface area contributed by atoms with Crippen molar-refractivity contribution in [2.75, 3.05) is 29.9 Å². The molecule has 156 valence electrons. The summed E-state index contributed by atoms with van der Waals surface area (Å²) in [4.78, 5) is 40.3. The van der Waals surface area contributed by atoms with Gasteiger partial charge in [0.25, 0.3) is 11.8 Å². The van der Waals surface area contributed by atoms with Gasteiger partial charge in [0.2, 0.25) is 0 Å². The molecule has 1 N–H and O–H groups in total. The number of thioether (sulfide) groups is 1. The molecule has 7 heteroatoms. The highest BCUT2D eigenvalue weighted by atomic mass is 32.2. The van der Waals surface area contributed by atoms with E-state index in [9.17, 15) is 14.4 Å². The highest BCUT2D eigenvalue weighted by Crippen LogP contribution is 2.30. The summed E-state index contributed by atoms with van der Waals surface area (Å²) in [6, 6.07) is 12.5. The second-order valence-corrected chi connectivity index (χ2v) is 9.02. The van der Waals surface area contributed by atoms with Gasteiger partial charge in [0.1, 0.15) is 0 Å². The van der Waals surface area contributed by atoms with Crippen LogP contribution in [-0.4, -0.2) is 52.9 Å². The molecule has 2 aromatic carbocycles. The van der Waals surface area contributed by atoms with Crippen LogP contribution in [0.4, 0.5) is 5.69 Å². The molecule has 0 aliphatic carbocycles. The van der Waals surface area contributed by atoms with Crippen LogP contribution in [0.3, 0.4) is 0 Å². The zero-order valence-electron chi connectivity index (χ0n) is 17.1. The molecule has 6 nitrogen and oxygen atoms in total. The summed E-state index contributed by atoms with van der Waals surface area (Å²) in [5, 5.41) is 2.88. The number of benzene rings is 2. The molecule has 1 atom stereocenters. The van der Waals surface area contributed by atoms with Crippen LogP contribution in [0.5, 0.6) is 0 Å². The molecule has 0 radical (unpaired) electrons. The molecule has 2 aliphatic rings. The Bertz CT molecular complexity index is 1020.